The van der Waals surface area contributed by atoms with E-state index in [4.69, 9.17) is 9.47 Å². The molecule has 10 heteroatoms. The van der Waals surface area contributed by atoms with Crippen molar-refractivity contribution in [1.82, 2.24) is 14.9 Å². The van der Waals surface area contributed by atoms with Crippen LogP contribution >= 0.6 is 0 Å². The summed E-state index contributed by atoms with van der Waals surface area (Å²) in [4.78, 5) is 48.8. The van der Waals surface area contributed by atoms with Crippen LogP contribution < -0.4 is 10.2 Å². The van der Waals surface area contributed by atoms with Crippen LogP contribution in [0.15, 0.2) is 36.7 Å². The lowest BCUT2D eigenvalue weighted by atomic mass is 10.1. The Balaban J connectivity index is 1.60. The Labute approximate surface area is 173 Å². The minimum atomic E-state index is -0.615. The maximum atomic E-state index is 12.5. The molecule has 0 radical (unpaired) electrons. The van der Waals surface area contributed by atoms with E-state index in [1.54, 1.807) is 18.5 Å². The maximum absolute atomic E-state index is 12.5. The molecule has 0 spiro atoms. The maximum Gasteiger partial charge on any atom is 0.337 e. The Morgan fingerprint density at radius 3 is 2.03 bits per heavy atom. The van der Waals surface area contributed by atoms with Gasteiger partial charge in [-0.2, -0.15) is 0 Å². The molecule has 1 amide bonds. The lowest BCUT2D eigenvalue weighted by molar-refractivity contribution is -0.117. The summed E-state index contributed by atoms with van der Waals surface area (Å²) in [5.74, 6) is -0.806. The van der Waals surface area contributed by atoms with Gasteiger partial charge in [0.2, 0.25) is 11.9 Å². The zero-order valence-corrected chi connectivity index (χ0v) is 16.8. The monoisotopic (exact) mass is 413 g/mol. The second-order valence-corrected chi connectivity index (χ2v) is 6.64. The fraction of sp³-hybridized carbons (Fsp3) is 0.350. The highest BCUT2D eigenvalue weighted by Crippen LogP contribution is 2.17. The van der Waals surface area contributed by atoms with Gasteiger partial charge in [0, 0.05) is 44.3 Å². The molecule has 1 fully saturated rings. The number of piperazine rings is 1. The lowest BCUT2D eigenvalue weighted by Gasteiger charge is -2.34. The Hall–Kier alpha value is -3.53. The number of carbonyl (C=O) groups excluding carboxylic acids is 3. The summed E-state index contributed by atoms with van der Waals surface area (Å²) >= 11 is 0. The van der Waals surface area contributed by atoms with Gasteiger partial charge in [-0.3, -0.25) is 9.69 Å². The van der Waals surface area contributed by atoms with Crippen molar-refractivity contribution in [1.29, 1.82) is 0 Å². The van der Waals surface area contributed by atoms with E-state index in [-0.39, 0.29) is 23.6 Å². The number of hydrogen-bond acceptors (Lipinski definition) is 9. The van der Waals surface area contributed by atoms with E-state index in [1.807, 2.05) is 4.90 Å². The van der Waals surface area contributed by atoms with Gasteiger partial charge in [0.25, 0.3) is 0 Å². The molecule has 2 heterocycles. The van der Waals surface area contributed by atoms with E-state index < -0.39 is 11.9 Å². The normalized spacial score (nSPS) is 14.1. The second kappa shape index (κ2) is 9.79. The number of methoxy groups -OCH3 is 2. The van der Waals surface area contributed by atoms with Gasteiger partial charge in [-0.25, -0.2) is 19.6 Å². The first kappa shape index (κ1) is 21.2. The summed E-state index contributed by atoms with van der Waals surface area (Å²) in [6.07, 6.45) is 3.40. The molecule has 1 N–H and O–H groups in total. The third kappa shape index (κ3) is 5.29. The van der Waals surface area contributed by atoms with Crippen LogP contribution in [-0.2, 0) is 14.3 Å². The Morgan fingerprint density at radius 2 is 1.50 bits per heavy atom. The summed E-state index contributed by atoms with van der Waals surface area (Å²) in [5, 5.41) is 2.74. The lowest BCUT2D eigenvalue weighted by Crippen LogP contribution is -2.49. The highest BCUT2D eigenvalue weighted by atomic mass is 16.5. The Kier molecular flexibility index (Phi) is 6.91. The van der Waals surface area contributed by atoms with E-state index in [2.05, 4.69) is 20.2 Å². The number of amides is 1. The van der Waals surface area contributed by atoms with Crippen molar-refractivity contribution in [3.63, 3.8) is 0 Å². The van der Waals surface area contributed by atoms with Gasteiger partial charge >= 0.3 is 11.9 Å². The highest BCUT2D eigenvalue weighted by Gasteiger charge is 2.21. The van der Waals surface area contributed by atoms with Crippen LogP contribution in [0.4, 0.5) is 11.6 Å². The molecule has 1 aliphatic heterocycles. The largest absolute Gasteiger partial charge is 0.465 e. The molecular formula is C20H23N5O5. The first-order valence-electron chi connectivity index (χ1n) is 9.36. The van der Waals surface area contributed by atoms with Crippen LogP contribution in [-0.4, -0.2) is 79.7 Å². The van der Waals surface area contributed by atoms with Gasteiger partial charge in [-0.05, 0) is 24.3 Å². The third-order valence-electron chi connectivity index (χ3n) is 4.63. The van der Waals surface area contributed by atoms with Crippen molar-refractivity contribution >= 4 is 29.5 Å². The molecule has 0 aliphatic carbocycles. The van der Waals surface area contributed by atoms with Gasteiger partial charge in [0.1, 0.15) is 0 Å². The number of esters is 2. The summed E-state index contributed by atoms with van der Waals surface area (Å²) in [5.41, 5.74) is 0.610. The zero-order chi connectivity index (χ0) is 21.5. The molecule has 0 unspecified atom stereocenters. The van der Waals surface area contributed by atoms with E-state index in [0.717, 1.165) is 0 Å². The van der Waals surface area contributed by atoms with Gasteiger partial charge < -0.3 is 19.7 Å². The zero-order valence-electron chi connectivity index (χ0n) is 16.8. The first-order valence-corrected chi connectivity index (χ1v) is 9.36. The molecular weight excluding hydrogens is 390 g/mol. The number of rotatable bonds is 6. The Morgan fingerprint density at radius 1 is 0.933 bits per heavy atom. The summed E-state index contributed by atoms with van der Waals surface area (Å²) in [7, 11) is 2.48. The standard InChI is InChI=1S/C20H23N5O5/c1-29-18(27)14-10-15(19(28)30-2)12-16(11-14)23-17(26)13-24-6-8-25(9-7-24)20-21-4-3-5-22-20/h3-5,10-12H,6-9,13H2,1-2H3,(H,23,26). The van der Waals surface area contributed by atoms with E-state index in [0.29, 0.717) is 37.8 Å². The van der Waals surface area contributed by atoms with Crippen molar-refractivity contribution in [2.75, 3.05) is 57.2 Å². The van der Waals surface area contributed by atoms with Gasteiger partial charge in [0.15, 0.2) is 0 Å². The van der Waals surface area contributed by atoms with E-state index in [1.165, 1.54) is 32.4 Å². The molecule has 3 rings (SSSR count). The minimum Gasteiger partial charge on any atom is -0.465 e. The number of benzene rings is 1. The number of anilines is 2. The van der Waals surface area contributed by atoms with Gasteiger partial charge in [-0.1, -0.05) is 0 Å². The van der Waals surface area contributed by atoms with Crippen LogP contribution in [0.2, 0.25) is 0 Å². The average molecular weight is 413 g/mol. The summed E-state index contributed by atoms with van der Waals surface area (Å²) in [6, 6.07) is 6.05. The van der Waals surface area contributed by atoms with Crippen molar-refractivity contribution in [2.24, 2.45) is 0 Å². The molecule has 0 saturated carbocycles. The number of carbonyl (C=O) groups is 3. The second-order valence-electron chi connectivity index (χ2n) is 6.64. The minimum absolute atomic E-state index is 0.146. The predicted octanol–water partition coefficient (Wildman–Crippen LogP) is 0.810. The first-order chi connectivity index (χ1) is 14.5. The number of ether oxygens (including phenoxy) is 2. The van der Waals surface area contributed by atoms with Crippen LogP contribution in [0.3, 0.4) is 0 Å². The third-order valence-corrected chi connectivity index (χ3v) is 4.63. The smallest absolute Gasteiger partial charge is 0.337 e. The summed E-state index contributed by atoms with van der Waals surface area (Å²) in [6.45, 7) is 2.96. The van der Waals surface area contributed by atoms with Gasteiger partial charge in [-0.15, -0.1) is 0 Å². The molecule has 0 bridgehead atoms. The van der Waals surface area contributed by atoms with Crippen molar-refractivity contribution in [3.8, 4) is 0 Å². The fourth-order valence-electron chi connectivity index (χ4n) is 3.14. The molecule has 1 aromatic carbocycles. The SMILES string of the molecule is COC(=O)c1cc(NC(=O)CN2CCN(c3ncccn3)CC2)cc(C(=O)OC)c1. The van der Waals surface area contributed by atoms with E-state index in [9.17, 15) is 14.4 Å². The van der Waals surface area contributed by atoms with Crippen molar-refractivity contribution in [2.45, 2.75) is 0 Å². The number of nitrogens with one attached hydrogen (secondary N) is 1. The van der Waals surface area contributed by atoms with Crippen LogP contribution in [0.25, 0.3) is 0 Å². The van der Waals surface area contributed by atoms with Crippen LogP contribution in [0.1, 0.15) is 20.7 Å². The van der Waals surface area contributed by atoms with Gasteiger partial charge in [0.05, 0.1) is 31.9 Å². The molecule has 1 aromatic heterocycles. The molecule has 1 aliphatic rings. The quantitative estimate of drug-likeness (QED) is 0.687. The molecule has 2 aromatic rings. The van der Waals surface area contributed by atoms with Crippen molar-refractivity contribution in [3.05, 3.63) is 47.8 Å². The molecule has 10 nitrogen and oxygen atoms in total. The highest BCUT2D eigenvalue weighted by molar-refractivity contribution is 5.99. The van der Waals surface area contributed by atoms with Crippen LogP contribution in [0, 0.1) is 0 Å². The fourth-order valence-corrected chi connectivity index (χ4v) is 3.14. The number of nitrogens with zero attached hydrogens (tertiary/aromatic N) is 4. The van der Waals surface area contributed by atoms with E-state index >= 15 is 0 Å². The summed E-state index contributed by atoms with van der Waals surface area (Å²) < 4.78 is 9.41. The number of hydrogen-bond donors (Lipinski definition) is 1. The van der Waals surface area contributed by atoms with Crippen molar-refractivity contribution < 1.29 is 23.9 Å². The topological polar surface area (TPSA) is 114 Å². The Bertz CT molecular complexity index is 879. The molecule has 1 saturated heterocycles. The molecule has 30 heavy (non-hydrogen) atoms. The van der Waals surface area contributed by atoms with Crippen LogP contribution in [0.5, 0.6) is 0 Å². The average Bonchev–Trinajstić information content (AvgIpc) is 2.78. The molecule has 158 valence electrons. The molecule has 0 atom stereocenters. The number of aromatic nitrogens is 2. The predicted molar refractivity (Wildman–Crippen MR) is 108 cm³/mol.